The molecule has 1 aliphatic rings. The van der Waals surface area contributed by atoms with Crippen LogP contribution in [0.5, 0.6) is 11.5 Å². The number of Topliss-reactive ketones (excluding diaryl/α,β-unsaturated/α-hetero) is 1. The number of benzene rings is 3. The lowest BCUT2D eigenvalue weighted by atomic mass is 9.85. The van der Waals surface area contributed by atoms with Crippen LogP contribution in [0.4, 0.5) is 5.69 Å². The van der Waals surface area contributed by atoms with Gasteiger partial charge in [0.05, 0.1) is 24.3 Å². The van der Waals surface area contributed by atoms with Gasteiger partial charge in [-0.05, 0) is 73.2 Å². The Labute approximate surface area is 230 Å². The standard InChI is InChI=1S/C33H37NO5/c1-7-19-38-27-10-8-9-25(20-27)34-29(22-11-15-24(16-12-22)33(4,5)6)28(31(36)32(34)37)30(35)23-13-17-26(18-14-23)39-21(2)3/h8-18,20-21,29,35H,7,19H2,1-6H3/b30-28+. The van der Waals surface area contributed by atoms with Gasteiger partial charge < -0.3 is 14.6 Å². The SMILES string of the molecule is CCCOc1cccc(N2C(=O)C(=O)/C(=C(/O)c3ccc(OC(C)C)cc3)C2c2ccc(C(C)(C)C)cc2)c1. The van der Waals surface area contributed by atoms with E-state index < -0.39 is 17.7 Å². The number of anilines is 1. The van der Waals surface area contributed by atoms with Gasteiger partial charge in [-0.1, -0.05) is 58.0 Å². The van der Waals surface area contributed by atoms with Crippen LogP contribution in [-0.4, -0.2) is 29.5 Å². The molecule has 3 aromatic rings. The molecule has 3 aromatic carbocycles. The van der Waals surface area contributed by atoms with Gasteiger partial charge in [-0.2, -0.15) is 0 Å². The Morgan fingerprint density at radius 2 is 1.62 bits per heavy atom. The summed E-state index contributed by atoms with van der Waals surface area (Å²) in [5.74, 6) is -0.400. The first-order valence-corrected chi connectivity index (χ1v) is 13.4. The predicted molar refractivity (Wildman–Crippen MR) is 154 cm³/mol. The lowest BCUT2D eigenvalue weighted by Crippen LogP contribution is -2.29. The van der Waals surface area contributed by atoms with E-state index in [4.69, 9.17) is 9.47 Å². The Morgan fingerprint density at radius 3 is 2.21 bits per heavy atom. The summed E-state index contributed by atoms with van der Waals surface area (Å²) in [4.78, 5) is 28.5. The number of aliphatic hydroxyl groups excluding tert-OH is 1. The molecule has 0 radical (unpaired) electrons. The van der Waals surface area contributed by atoms with Crippen molar-refractivity contribution in [3.63, 3.8) is 0 Å². The Morgan fingerprint density at radius 1 is 0.949 bits per heavy atom. The number of amides is 1. The first kappa shape index (κ1) is 28.0. The summed E-state index contributed by atoms with van der Waals surface area (Å²) in [6, 6.07) is 21.1. The minimum absolute atomic E-state index is 0.00270. The Kier molecular flexibility index (Phi) is 8.14. The molecule has 6 heteroatoms. The van der Waals surface area contributed by atoms with Gasteiger partial charge in [0.1, 0.15) is 17.3 Å². The van der Waals surface area contributed by atoms with E-state index in [1.165, 1.54) is 4.90 Å². The summed E-state index contributed by atoms with van der Waals surface area (Å²) >= 11 is 0. The maximum Gasteiger partial charge on any atom is 0.300 e. The summed E-state index contributed by atoms with van der Waals surface area (Å²) < 4.78 is 11.5. The molecule has 1 N–H and O–H groups in total. The van der Waals surface area contributed by atoms with Gasteiger partial charge in [0.2, 0.25) is 0 Å². The quantitative estimate of drug-likeness (QED) is 0.191. The lowest BCUT2D eigenvalue weighted by molar-refractivity contribution is -0.132. The highest BCUT2D eigenvalue weighted by atomic mass is 16.5. The van der Waals surface area contributed by atoms with Gasteiger partial charge in [0, 0.05) is 17.3 Å². The van der Waals surface area contributed by atoms with Gasteiger partial charge in [0.25, 0.3) is 11.7 Å². The van der Waals surface area contributed by atoms with Crippen LogP contribution in [0.15, 0.2) is 78.4 Å². The maximum atomic E-state index is 13.5. The van der Waals surface area contributed by atoms with E-state index in [1.807, 2.05) is 51.1 Å². The fourth-order valence-corrected chi connectivity index (χ4v) is 4.64. The second-order valence-electron chi connectivity index (χ2n) is 11.1. The first-order chi connectivity index (χ1) is 18.5. The fourth-order valence-electron chi connectivity index (χ4n) is 4.64. The van der Waals surface area contributed by atoms with E-state index in [-0.39, 0.29) is 22.9 Å². The number of nitrogens with zero attached hydrogens (tertiary/aromatic N) is 1. The van der Waals surface area contributed by atoms with E-state index in [0.717, 1.165) is 17.5 Å². The third-order valence-electron chi connectivity index (χ3n) is 6.61. The van der Waals surface area contributed by atoms with Crippen LogP contribution in [0.3, 0.4) is 0 Å². The predicted octanol–water partition coefficient (Wildman–Crippen LogP) is 7.19. The number of aliphatic hydroxyl groups is 1. The molecule has 4 rings (SSSR count). The summed E-state index contributed by atoms with van der Waals surface area (Å²) in [7, 11) is 0. The molecular formula is C33H37NO5. The third kappa shape index (κ3) is 6.00. The molecule has 0 aromatic heterocycles. The monoisotopic (exact) mass is 527 g/mol. The molecule has 0 saturated carbocycles. The third-order valence-corrected chi connectivity index (χ3v) is 6.61. The van der Waals surface area contributed by atoms with Gasteiger partial charge in [-0.25, -0.2) is 0 Å². The molecule has 1 amide bonds. The molecule has 204 valence electrons. The fraction of sp³-hybridized carbons (Fsp3) is 0.333. The lowest BCUT2D eigenvalue weighted by Gasteiger charge is -2.27. The number of hydrogen-bond donors (Lipinski definition) is 1. The van der Waals surface area contributed by atoms with Crippen LogP contribution in [-0.2, 0) is 15.0 Å². The highest BCUT2D eigenvalue weighted by molar-refractivity contribution is 6.51. The zero-order valence-electron chi connectivity index (χ0n) is 23.5. The molecule has 1 unspecified atom stereocenters. The number of ketones is 1. The largest absolute Gasteiger partial charge is 0.507 e. The molecule has 1 saturated heterocycles. The zero-order chi connectivity index (χ0) is 28.3. The Balaban J connectivity index is 1.85. The molecule has 6 nitrogen and oxygen atoms in total. The normalized spacial score (nSPS) is 17.1. The highest BCUT2D eigenvalue weighted by Crippen LogP contribution is 2.43. The van der Waals surface area contributed by atoms with E-state index in [0.29, 0.717) is 29.4 Å². The van der Waals surface area contributed by atoms with Crippen molar-refractivity contribution in [2.45, 2.75) is 65.5 Å². The Hall–Kier alpha value is -4.06. The van der Waals surface area contributed by atoms with Crippen LogP contribution < -0.4 is 14.4 Å². The molecule has 1 aliphatic heterocycles. The number of rotatable bonds is 8. The van der Waals surface area contributed by atoms with Gasteiger partial charge >= 0.3 is 0 Å². The molecule has 1 atom stereocenters. The minimum atomic E-state index is -0.813. The van der Waals surface area contributed by atoms with Gasteiger partial charge in [0.15, 0.2) is 0 Å². The molecule has 0 aliphatic carbocycles. The van der Waals surface area contributed by atoms with Crippen molar-refractivity contribution in [1.82, 2.24) is 0 Å². The minimum Gasteiger partial charge on any atom is -0.507 e. The first-order valence-electron chi connectivity index (χ1n) is 13.4. The molecule has 0 spiro atoms. The maximum absolute atomic E-state index is 13.5. The second kappa shape index (κ2) is 11.4. The zero-order valence-corrected chi connectivity index (χ0v) is 23.5. The van der Waals surface area contributed by atoms with E-state index in [2.05, 4.69) is 20.8 Å². The number of carbonyl (C=O) groups excluding carboxylic acids is 2. The van der Waals surface area contributed by atoms with E-state index in [9.17, 15) is 14.7 Å². The van der Waals surface area contributed by atoms with Crippen LogP contribution in [0.25, 0.3) is 5.76 Å². The van der Waals surface area contributed by atoms with E-state index >= 15 is 0 Å². The van der Waals surface area contributed by atoms with Crippen molar-refractivity contribution < 1.29 is 24.2 Å². The summed E-state index contributed by atoms with van der Waals surface area (Å²) in [6.45, 7) is 12.8. The molecular weight excluding hydrogens is 490 g/mol. The van der Waals surface area contributed by atoms with E-state index in [1.54, 1.807) is 42.5 Å². The van der Waals surface area contributed by atoms with Crippen LogP contribution in [0, 0.1) is 0 Å². The number of carbonyl (C=O) groups is 2. The summed E-state index contributed by atoms with van der Waals surface area (Å²) in [5.41, 5.74) is 2.78. The molecule has 39 heavy (non-hydrogen) atoms. The smallest absolute Gasteiger partial charge is 0.300 e. The highest BCUT2D eigenvalue weighted by Gasteiger charge is 2.47. The van der Waals surface area contributed by atoms with Gasteiger partial charge in [-0.15, -0.1) is 0 Å². The average molecular weight is 528 g/mol. The van der Waals surface area contributed by atoms with Crippen molar-refractivity contribution >= 4 is 23.1 Å². The summed E-state index contributed by atoms with van der Waals surface area (Å²) in [6.07, 6.45) is 0.846. The van der Waals surface area contributed by atoms with Crippen LogP contribution in [0.2, 0.25) is 0 Å². The van der Waals surface area contributed by atoms with Gasteiger partial charge in [-0.3, -0.25) is 14.5 Å². The molecule has 1 heterocycles. The average Bonchev–Trinajstić information content (AvgIpc) is 3.17. The van der Waals surface area contributed by atoms with Crippen molar-refractivity contribution in [3.05, 3.63) is 95.1 Å². The Bertz CT molecular complexity index is 1360. The second-order valence-corrected chi connectivity index (χ2v) is 11.1. The van der Waals surface area contributed by atoms with Crippen molar-refractivity contribution in [2.24, 2.45) is 0 Å². The summed E-state index contributed by atoms with van der Waals surface area (Å²) in [5, 5.41) is 11.4. The molecule has 1 fully saturated rings. The molecule has 0 bridgehead atoms. The van der Waals surface area contributed by atoms with Crippen molar-refractivity contribution in [3.8, 4) is 11.5 Å². The topological polar surface area (TPSA) is 76.1 Å². The van der Waals surface area contributed by atoms with Crippen LogP contribution in [0.1, 0.15) is 70.7 Å². The van der Waals surface area contributed by atoms with Crippen molar-refractivity contribution in [2.75, 3.05) is 11.5 Å². The number of ether oxygens (including phenoxy) is 2. The van der Waals surface area contributed by atoms with Crippen LogP contribution >= 0.6 is 0 Å². The number of hydrogen-bond acceptors (Lipinski definition) is 5. The van der Waals surface area contributed by atoms with Crippen molar-refractivity contribution in [1.29, 1.82) is 0 Å².